The number of rotatable bonds is 5. The maximum Gasteiger partial charge on any atom is 0.343 e. The van der Waals surface area contributed by atoms with Crippen molar-refractivity contribution in [3.05, 3.63) is 94.7 Å². The lowest BCUT2D eigenvalue weighted by Crippen LogP contribution is -2.13. The second kappa shape index (κ2) is 8.94. The largest absolute Gasteiger partial charge is 0.494 e. The molecule has 4 rings (SSSR count). The first-order chi connectivity index (χ1) is 15.7. The Hall–Kier alpha value is -3.86. The predicted molar refractivity (Wildman–Crippen MR) is 127 cm³/mol. The minimum absolute atomic E-state index is 0.00820. The lowest BCUT2D eigenvalue weighted by Gasteiger charge is -2.18. The van der Waals surface area contributed by atoms with Crippen LogP contribution in [-0.2, 0) is 5.41 Å². The van der Waals surface area contributed by atoms with Gasteiger partial charge >= 0.3 is 5.97 Å². The summed E-state index contributed by atoms with van der Waals surface area (Å²) in [6, 6.07) is 19.5. The highest BCUT2D eigenvalue weighted by Gasteiger charge is 2.27. The third-order valence-corrected chi connectivity index (χ3v) is 5.31. The van der Waals surface area contributed by atoms with E-state index in [1.54, 1.807) is 54.6 Å². The maximum atomic E-state index is 12.7. The molecule has 0 N–H and O–H groups in total. The van der Waals surface area contributed by atoms with Gasteiger partial charge in [-0.1, -0.05) is 45.0 Å². The quantitative estimate of drug-likeness (QED) is 0.267. The Morgan fingerprint density at radius 3 is 2.42 bits per heavy atom. The maximum absolute atomic E-state index is 12.7. The van der Waals surface area contributed by atoms with Crippen molar-refractivity contribution in [1.29, 1.82) is 0 Å². The Kier molecular flexibility index (Phi) is 6.05. The number of carbonyl (C=O) groups is 2. The first-order valence-electron chi connectivity index (χ1n) is 10.9. The summed E-state index contributed by atoms with van der Waals surface area (Å²) in [5, 5.41) is 0. The molecule has 1 aliphatic rings. The Balaban J connectivity index is 1.49. The van der Waals surface area contributed by atoms with Gasteiger partial charge in [0.25, 0.3) is 0 Å². The van der Waals surface area contributed by atoms with Crippen molar-refractivity contribution in [3.63, 3.8) is 0 Å². The summed E-state index contributed by atoms with van der Waals surface area (Å²) in [7, 11) is 0. The summed E-state index contributed by atoms with van der Waals surface area (Å²) in [5.74, 6) is 1.07. The molecular weight excluding hydrogens is 416 g/mol. The molecule has 1 heterocycles. The molecule has 33 heavy (non-hydrogen) atoms. The van der Waals surface area contributed by atoms with Crippen LogP contribution < -0.4 is 14.2 Å². The molecular formula is C28H26O5. The van der Waals surface area contributed by atoms with E-state index < -0.39 is 5.97 Å². The topological polar surface area (TPSA) is 61.8 Å². The SMILES string of the molecule is CCOc1ccc2c(c1)O/C(=C\c1cccc(OC(=O)c3ccc(C(C)(C)C)cc3)c1)C2=O. The predicted octanol–water partition coefficient (Wildman–Crippen LogP) is 6.22. The number of esters is 1. The highest BCUT2D eigenvalue weighted by molar-refractivity contribution is 6.14. The molecule has 168 valence electrons. The molecule has 3 aromatic carbocycles. The summed E-state index contributed by atoms with van der Waals surface area (Å²) >= 11 is 0. The van der Waals surface area contributed by atoms with Gasteiger partial charge in [-0.3, -0.25) is 4.79 Å². The van der Waals surface area contributed by atoms with Crippen LogP contribution in [-0.4, -0.2) is 18.4 Å². The van der Waals surface area contributed by atoms with E-state index in [0.29, 0.717) is 40.5 Å². The molecule has 0 atom stereocenters. The van der Waals surface area contributed by atoms with E-state index in [9.17, 15) is 9.59 Å². The van der Waals surface area contributed by atoms with E-state index in [-0.39, 0.29) is 17.0 Å². The fourth-order valence-electron chi connectivity index (χ4n) is 3.52. The Morgan fingerprint density at radius 1 is 0.970 bits per heavy atom. The van der Waals surface area contributed by atoms with E-state index in [2.05, 4.69) is 20.8 Å². The zero-order valence-corrected chi connectivity index (χ0v) is 19.2. The molecule has 0 radical (unpaired) electrons. The molecule has 0 aromatic heterocycles. The first-order valence-corrected chi connectivity index (χ1v) is 10.9. The second-order valence-corrected chi connectivity index (χ2v) is 8.82. The van der Waals surface area contributed by atoms with Gasteiger partial charge in [0.15, 0.2) is 5.76 Å². The Labute approximate surface area is 193 Å². The van der Waals surface area contributed by atoms with Gasteiger partial charge in [0, 0.05) is 6.07 Å². The number of carbonyl (C=O) groups excluding carboxylic acids is 2. The van der Waals surface area contributed by atoms with Gasteiger partial charge in [-0.05, 0) is 65.9 Å². The van der Waals surface area contributed by atoms with Crippen molar-refractivity contribution in [2.45, 2.75) is 33.1 Å². The molecule has 0 bridgehead atoms. The molecule has 0 amide bonds. The van der Waals surface area contributed by atoms with Gasteiger partial charge in [-0.15, -0.1) is 0 Å². The third kappa shape index (κ3) is 4.98. The average molecular weight is 443 g/mol. The van der Waals surface area contributed by atoms with Crippen LogP contribution in [0, 0.1) is 0 Å². The molecule has 5 nitrogen and oxygen atoms in total. The number of benzene rings is 3. The summed E-state index contributed by atoms with van der Waals surface area (Å²) < 4.78 is 16.8. The van der Waals surface area contributed by atoms with Crippen LogP contribution in [0.1, 0.15) is 59.5 Å². The van der Waals surface area contributed by atoms with E-state index in [1.807, 2.05) is 25.1 Å². The lowest BCUT2D eigenvalue weighted by molar-refractivity contribution is 0.0734. The van der Waals surface area contributed by atoms with Crippen molar-refractivity contribution in [2.24, 2.45) is 0 Å². The van der Waals surface area contributed by atoms with E-state index in [0.717, 1.165) is 5.56 Å². The molecule has 5 heteroatoms. The van der Waals surface area contributed by atoms with Crippen LogP contribution in [0.4, 0.5) is 0 Å². The summed E-state index contributed by atoms with van der Waals surface area (Å²) in [6.07, 6.45) is 1.64. The molecule has 0 saturated carbocycles. The Morgan fingerprint density at radius 2 is 1.73 bits per heavy atom. The second-order valence-electron chi connectivity index (χ2n) is 8.82. The molecule has 0 aliphatic carbocycles. The third-order valence-electron chi connectivity index (χ3n) is 5.31. The van der Waals surface area contributed by atoms with Gasteiger partial charge in [-0.2, -0.15) is 0 Å². The normalized spacial score (nSPS) is 14.1. The van der Waals surface area contributed by atoms with Crippen LogP contribution in [0.2, 0.25) is 0 Å². The van der Waals surface area contributed by atoms with Gasteiger partial charge in [0.2, 0.25) is 5.78 Å². The smallest absolute Gasteiger partial charge is 0.343 e. The van der Waals surface area contributed by atoms with E-state index in [1.165, 1.54) is 0 Å². The van der Waals surface area contributed by atoms with Crippen molar-refractivity contribution in [3.8, 4) is 17.2 Å². The standard InChI is InChI=1S/C28H26O5/c1-5-31-21-13-14-23-24(17-21)33-25(26(23)29)16-18-7-6-8-22(15-18)32-27(30)19-9-11-20(12-10-19)28(2,3)4/h6-17H,5H2,1-4H3/b25-16-. The summed E-state index contributed by atoms with van der Waals surface area (Å²) in [4.78, 5) is 25.3. The monoisotopic (exact) mass is 442 g/mol. The number of fused-ring (bicyclic) bond motifs is 1. The summed E-state index contributed by atoms with van der Waals surface area (Å²) in [5.41, 5.74) is 2.80. The lowest BCUT2D eigenvalue weighted by atomic mass is 9.87. The summed E-state index contributed by atoms with van der Waals surface area (Å²) in [6.45, 7) is 8.79. The minimum atomic E-state index is -0.440. The van der Waals surface area contributed by atoms with Gasteiger partial charge in [0.1, 0.15) is 17.2 Å². The highest BCUT2D eigenvalue weighted by Crippen LogP contribution is 2.35. The number of ketones is 1. The number of hydrogen-bond donors (Lipinski definition) is 0. The van der Waals surface area contributed by atoms with Gasteiger partial charge < -0.3 is 14.2 Å². The average Bonchev–Trinajstić information content (AvgIpc) is 3.08. The zero-order valence-electron chi connectivity index (χ0n) is 19.2. The van der Waals surface area contributed by atoms with Crippen LogP contribution in [0.5, 0.6) is 17.2 Å². The van der Waals surface area contributed by atoms with E-state index >= 15 is 0 Å². The number of hydrogen-bond acceptors (Lipinski definition) is 5. The number of allylic oxidation sites excluding steroid dienone is 1. The Bertz CT molecular complexity index is 1230. The molecule has 0 unspecified atom stereocenters. The van der Waals surface area contributed by atoms with E-state index in [4.69, 9.17) is 14.2 Å². The van der Waals surface area contributed by atoms with Crippen LogP contribution in [0.15, 0.2) is 72.5 Å². The van der Waals surface area contributed by atoms with Crippen molar-refractivity contribution in [1.82, 2.24) is 0 Å². The van der Waals surface area contributed by atoms with Crippen LogP contribution in [0.3, 0.4) is 0 Å². The number of ether oxygens (including phenoxy) is 3. The fourth-order valence-corrected chi connectivity index (χ4v) is 3.52. The molecule has 0 spiro atoms. The van der Waals surface area contributed by atoms with Crippen LogP contribution >= 0.6 is 0 Å². The zero-order chi connectivity index (χ0) is 23.6. The van der Waals surface area contributed by atoms with Crippen molar-refractivity contribution >= 4 is 17.8 Å². The van der Waals surface area contributed by atoms with Gasteiger partial charge in [-0.25, -0.2) is 4.79 Å². The van der Waals surface area contributed by atoms with Crippen LogP contribution in [0.25, 0.3) is 6.08 Å². The number of Topliss-reactive ketones (excluding diaryl/α,β-unsaturated/α-hetero) is 1. The van der Waals surface area contributed by atoms with Crippen molar-refractivity contribution < 1.29 is 23.8 Å². The molecule has 1 aliphatic heterocycles. The van der Waals surface area contributed by atoms with Crippen molar-refractivity contribution in [2.75, 3.05) is 6.61 Å². The molecule has 0 saturated heterocycles. The highest BCUT2D eigenvalue weighted by atomic mass is 16.5. The fraction of sp³-hybridized carbons (Fsp3) is 0.214. The molecule has 3 aromatic rings. The van der Waals surface area contributed by atoms with Gasteiger partial charge in [0.05, 0.1) is 17.7 Å². The first kappa shape index (κ1) is 22.3. The molecule has 0 fully saturated rings. The minimum Gasteiger partial charge on any atom is -0.494 e.